The summed E-state index contributed by atoms with van der Waals surface area (Å²) in [5.74, 6) is 4.31. The van der Waals surface area contributed by atoms with Crippen LogP contribution in [0.2, 0.25) is 0 Å². The molecule has 2 aliphatic heterocycles. The van der Waals surface area contributed by atoms with Crippen molar-refractivity contribution in [2.75, 3.05) is 46.1 Å². The summed E-state index contributed by atoms with van der Waals surface area (Å²) in [4.78, 5) is 14.0. The number of aromatic nitrogens is 2. The highest BCUT2D eigenvalue weighted by molar-refractivity contribution is 5.80. The summed E-state index contributed by atoms with van der Waals surface area (Å²) in [5, 5.41) is 7.44. The first-order valence-electron chi connectivity index (χ1n) is 11.1. The number of piperazine rings is 1. The summed E-state index contributed by atoms with van der Waals surface area (Å²) in [6.07, 6.45) is 0.651. The number of guanidine groups is 1. The number of aliphatic imine (C=N–C) groups is 1. The van der Waals surface area contributed by atoms with E-state index in [1.54, 1.807) is 0 Å². The maximum Gasteiger partial charge on any atom is 0.231 e. The van der Waals surface area contributed by atoms with E-state index in [2.05, 4.69) is 58.2 Å². The van der Waals surface area contributed by atoms with E-state index in [1.165, 1.54) is 5.56 Å². The van der Waals surface area contributed by atoms with Crippen molar-refractivity contribution in [3.8, 4) is 11.5 Å². The van der Waals surface area contributed by atoms with Crippen molar-refractivity contribution in [3.05, 3.63) is 35.5 Å². The van der Waals surface area contributed by atoms with Gasteiger partial charge in [-0.2, -0.15) is 4.98 Å². The van der Waals surface area contributed by atoms with E-state index >= 15 is 0 Å². The van der Waals surface area contributed by atoms with Crippen LogP contribution in [0.1, 0.15) is 44.0 Å². The molecule has 2 aliphatic rings. The van der Waals surface area contributed by atoms with Gasteiger partial charge in [0, 0.05) is 51.6 Å². The lowest BCUT2D eigenvalue weighted by molar-refractivity contribution is 0.171. The molecule has 168 valence electrons. The van der Waals surface area contributed by atoms with Gasteiger partial charge < -0.3 is 24.2 Å². The largest absolute Gasteiger partial charge is 0.454 e. The summed E-state index contributed by atoms with van der Waals surface area (Å²) in [7, 11) is 0. The minimum atomic E-state index is 0.271. The second kappa shape index (κ2) is 10.00. The van der Waals surface area contributed by atoms with E-state index in [9.17, 15) is 0 Å². The molecule has 2 aromatic rings. The SMILES string of the molecule is CCNC(=NCCc1nc(C(C)C)no1)N1CCN(Cc2ccc3c(c2)OCO3)CC1. The van der Waals surface area contributed by atoms with Gasteiger partial charge in [-0.3, -0.25) is 9.89 Å². The summed E-state index contributed by atoms with van der Waals surface area (Å²) < 4.78 is 16.2. The van der Waals surface area contributed by atoms with Gasteiger partial charge in [-0.05, 0) is 24.6 Å². The Morgan fingerprint density at radius 2 is 1.97 bits per heavy atom. The van der Waals surface area contributed by atoms with E-state index < -0.39 is 0 Å². The molecule has 0 atom stereocenters. The molecular weight excluding hydrogens is 396 g/mol. The zero-order chi connectivity index (χ0) is 21.6. The highest BCUT2D eigenvalue weighted by Crippen LogP contribution is 2.32. The average Bonchev–Trinajstić information content (AvgIpc) is 3.43. The Labute approximate surface area is 183 Å². The maximum atomic E-state index is 5.50. The van der Waals surface area contributed by atoms with Crippen molar-refractivity contribution >= 4 is 5.96 Å². The smallest absolute Gasteiger partial charge is 0.231 e. The van der Waals surface area contributed by atoms with Crippen molar-refractivity contribution in [3.63, 3.8) is 0 Å². The molecule has 0 aliphatic carbocycles. The second-order valence-electron chi connectivity index (χ2n) is 8.14. The summed E-state index contributed by atoms with van der Waals surface area (Å²) in [6.45, 7) is 12.8. The quantitative estimate of drug-likeness (QED) is 0.531. The van der Waals surface area contributed by atoms with Crippen molar-refractivity contribution < 1.29 is 14.0 Å². The van der Waals surface area contributed by atoms with Crippen LogP contribution < -0.4 is 14.8 Å². The highest BCUT2D eigenvalue weighted by Gasteiger charge is 2.21. The summed E-state index contributed by atoms with van der Waals surface area (Å²) in [5.41, 5.74) is 1.25. The van der Waals surface area contributed by atoms with E-state index in [0.717, 1.165) is 62.6 Å². The minimum absolute atomic E-state index is 0.271. The monoisotopic (exact) mass is 428 g/mol. The molecule has 0 saturated carbocycles. The fourth-order valence-electron chi connectivity index (χ4n) is 3.70. The van der Waals surface area contributed by atoms with Crippen molar-refractivity contribution in [1.29, 1.82) is 0 Å². The number of hydrogen-bond acceptors (Lipinski definition) is 7. The van der Waals surface area contributed by atoms with Gasteiger partial charge in [-0.15, -0.1) is 0 Å². The third-order valence-electron chi connectivity index (χ3n) is 5.44. The number of fused-ring (bicyclic) bond motifs is 1. The number of hydrogen-bond donors (Lipinski definition) is 1. The lowest BCUT2D eigenvalue weighted by atomic mass is 10.1. The Kier molecular flexibility index (Phi) is 6.91. The Hall–Kier alpha value is -2.81. The predicted octanol–water partition coefficient (Wildman–Crippen LogP) is 2.25. The van der Waals surface area contributed by atoms with Gasteiger partial charge in [0.05, 0.1) is 6.54 Å². The van der Waals surface area contributed by atoms with Gasteiger partial charge in [-0.1, -0.05) is 25.1 Å². The second-order valence-corrected chi connectivity index (χ2v) is 8.14. The third-order valence-corrected chi connectivity index (χ3v) is 5.44. The Balaban J connectivity index is 1.28. The number of benzene rings is 1. The van der Waals surface area contributed by atoms with E-state index in [-0.39, 0.29) is 5.92 Å². The minimum Gasteiger partial charge on any atom is -0.454 e. The lowest BCUT2D eigenvalue weighted by Crippen LogP contribution is -2.52. The molecule has 0 unspecified atom stereocenters. The number of nitrogens with one attached hydrogen (secondary N) is 1. The molecule has 1 aromatic heterocycles. The fraction of sp³-hybridized carbons (Fsp3) is 0.591. The number of ether oxygens (including phenoxy) is 2. The van der Waals surface area contributed by atoms with Crippen LogP contribution in [0.5, 0.6) is 11.5 Å². The Bertz CT molecular complexity index is 889. The molecule has 1 aromatic carbocycles. The molecule has 1 fully saturated rings. The topological polar surface area (TPSA) is 88.2 Å². The van der Waals surface area contributed by atoms with Crippen LogP contribution in [0.15, 0.2) is 27.7 Å². The molecule has 1 N–H and O–H groups in total. The van der Waals surface area contributed by atoms with Crippen molar-refractivity contribution in [2.45, 2.75) is 39.7 Å². The Morgan fingerprint density at radius 3 is 2.71 bits per heavy atom. The van der Waals surface area contributed by atoms with E-state index in [0.29, 0.717) is 25.6 Å². The standard InChI is InChI=1S/C22H32N6O3/c1-4-23-22(24-8-7-20-25-21(16(2)3)26-31-20)28-11-9-27(10-12-28)14-17-5-6-18-19(13-17)30-15-29-18/h5-6,13,16H,4,7-12,14-15H2,1-3H3,(H,23,24). The van der Waals surface area contributed by atoms with Gasteiger partial charge in [0.15, 0.2) is 23.3 Å². The van der Waals surface area contributed by atoms with Crippen molar-refractivity contribution in [2.24, 2.45) is 4.99 Å². The van der Waals surface area contributed by atoms with Gasteiger partial charge in [-0.25, -0.2) is 0 Å². The normalized spacial score (nSPS) is 16.9. The number of nitrogens with zero attached hydrogens (tertiary/aromatic N) is 5. The summed E-state index contributed by atoms with van der Waals surface area (Å²) >= 11 is 0. The van der Waals surface area contributed by atoms with Crippen LogP contribution in [0.3, 0.4) is 0 Å². The molecule has 0 amide bonds. The Morgan fingerprint density at radius 1 is 1.16 bits per heavy atom. The molecule has 9 nitrogen and oxygen atoms in total. The molecule has 0 bridgehead atoms. The third kappa shape index (κ3) is 5.46. The average molecular weight is 429 g/mol. The first-order chi connectivity index (χ1) is 15.1. The van der Waals surface area contributed by atoms with E-state index in [1.807, 2.05) is 6.07 Å². The summed E-state index contributed by atoms with van der Waals surface area (Å²) in [6, 6.07) is 6.20. The van der Waals surface area contributed by atoms with Crippen LogP contribution in [0, 0.1) is 0 Å². The van der Waals surface area contributed by atoms with E-state index in [4.69, 9.17) is 19.0 Å². The van der Waals surface area contributed by atoms with Crippen LogP contribution in [0.4, 0.5) is 0 Å². The molecular formula is C22H32N6O3. The molecule has 9 heteroatoms. The first-order valence-corrected chi connectivity index (χ1v) is 11.1. The molecule has 0 spiro atoms. The van der Waals surface area contributed by atoms with Crippen LogP contribution in [0.25, 0.3) is 0 Å². The van der Waals surface area contributed by atoms with Gasteiger partial charge in [0.2, 0.25) is 12.7 Å². The molecule has 3 heterocycles. The molecule has 1 saturated heterocycles. The van der Waals surface area contributed by atoms with Crippen LogP contribution in [-0.4, -0.2) is 72.0 Å². The van der Waals surface area contributed by atoms with Gasteiger partial charge in [0.1, 0.15) is 0 Å². The molecule has 4 rings (SSSR count). The fourth-order valence-corrected chi connectivity index (χ4v) is 3.70. The van der Waals surface area contributed by atoms with Crippen LogP contribution in [-0.2, 0) is 13.0 Å². The van der Waals surface area contributed by atoms with Crippen molar-refractivity contribution in [1.82, 2.24) is 25.3 Å². The highest BCUT2D eigenvalue weighted by atomic mass is 16.7. The lowest BCUT2D eigenvalue weighted by Gasteiger charge is -2.36. The molecule has 0 radical (unpaired) electrons. The first kappa shape index (κ1) is 21.4. The van der Waals surface area contributed by atoms with Gasteiger partial charge in [0.25, 0.3) is 0 Å². The maximum absolute atomic E-state index is 5.50. The number of rotatable bonds is 7. The van der Waals surface area contributed by atoms with Gasteiger partial charge >= 0.3 is 0 Å². The predicted molar refractivity (Wildman–Crippen MR) is 117 cm³/mol. The zero-order valence-corrected chi connectivity index (χ0v) is 18.6. The molecule has 31 heavy (non-hydrogen) atoms. The zero-order valence-electron chi connectivity index (χ0n) is 18.6. The van der Waals surface area contributed by atoms with Crippen LogP contribution >= 0.6 is 0 Å².